The Balaban J connectivity index is 3.25. The number of unbranched alkanes of at least 4 members (excludes halogenated alkanes) is 6. The summed E-state index contributed by atoms with van der Waals surface area (Å²) in [5.41, 5.74) is 0. The van der Waals surface area contributed by atoms with Crippen LogP contribution in [0.4, 0.5) is 0 Å². The Morgan fingerprint density at radius 3 is 1.83 bits per heavy atom. The predicted octanol–water partition coefficient (Wildman–Crippen LogP) is 3.69. The minimum atomic E-state index is -0.714. The van der Waals surface area contributed by atoms with Crippen LogP contribution in [0.3, 0.4) is 0 Å². The molecule has 0 amide bonds. The van der Waals surface area contributed by atoms with Crippen molar-refractivity contribution in [1.82, 2.24) is 0 Å². The van der Waals surface area contributed by atoms with E-state index < -0.39 is 11.9 Å². The summed E-state index contributed by atoms with van der Waals surface area (Å²) in [6.07, 6.45) is 8.94. The van der Waals surface area contributed by atoms with Crippen LogP contribution >= 0.6 is 0 Å². The molecule has 4 nitrogen and oxygen atoms in total. The van der Waals surface area contributed by atoms with E-state index in [4.69, 9.17) is 10.2 Å². The first-order valence-electron chi connectivity index (χ1n) is 7.02. The molecule has 0 radical (unpaired) electrons. The maximum atomic E-state index is 10.8. The smallest absolute Gasteiger partial charge is 0.306 e. The van der Waals surface area contributed by atoms with E-state index in [0.717, 1.165) is 51.4 Å². The zero-order valence-electron chi connectivity index (χ0n) is 11.4. The van der Waals surface area contributed by atoms with Crippen molar-refractivity contribution in [2.75, 3.05) is 0 Å². The number of rotatable bonds is 12. The Morgan fingerprint density at radius 2 is 1.39 bits per heavy atom. The zero-order valence-corrected chi connectivity index (χ0v) is 11.4. The topological polar surface area (TPSA) is 74.6 Å². The minimum Gasteiger partial charge on any atom is -0.481 e. The average Bonchev–Trinajstić information content (AvgIpc) is 2.31. The first-order valence-corrected chi connectivity index (χ1v) is 7.02. The molecule has 1 unspecified atom stereocenters. The standard InChI is InChI=1S/C14H26O4/c1-2-12(14(17)18)10-8-6-4-3-5-7-9-11-13(15)16/h12H,2-11H2,1H3,(H,15,16)(H,17,18). The van der Waals surface area contributed by atoms with Crippen LogP contribution in [-0.4, -0.2) is 22.2 Å². The van der Waals surface area contributed by atoms with E-state index in [1.54, 1.807) is 0 Å². The SMILES string of the molecule is CCC(CCCCCCCCCC(=O)O)C(=O)O. The van der Waals surface area contributed by atoms with Crippen LogP contribution in [-0.2, 0) is 9.59 Å². The van der Waals surface area contributed by atoms with Gasteiger partial charge in [0.05, 0.1) is 5.92 Å². The molecule has 2 N–H and O–H groups in total. The van der Waals surface area contributed by atoms with E-state index in [1.165, 1.54) is 0 Å². The van der Waals surface area contributed by atoms with Crippen LogP contribution in [0.25, 0.3) is 0 Å². The van der Waals surface area contributed by atoms with Crippen LogP contribution in [0.2, 0.25) is 0 Å². The summed E-state index contributed by atoms with van der Waals surface area (Å²) in [6.45, 7) is 1.92. The van der Waals surface area contributed by atoms with E-state index in [-0.39, 0.29) is 12.3 Å². The van der Waals surface area contributed by atoms with Gasteiger partial charge in [0, 0.05) is 6.42 Å². The molecule has 0 fully saturated rings. The summed E-state index contributed by atoms with van der Waals surface area (Å²) in [6, 6.07) is 0. The molecule has 0 saturated heterocycles. The fourth-order valence-electron chi connectivity index (χ4n) is 2.05. The van der Waals surface area contributed by atoms with Crippen molar-refractivity contribution >= 4 is 11.9 Å². The van der Waals surface area contributed by atoms with E-state index >= 15 is 0 Å². The Bertz CT molecular complexity index is 238. The third-order valence-corrected chi connectivity index (χ3v) is 3.29. The lowest BCUT2D eigenvalue weighted by Gasteiger charge is -2.08. The summed E-state index contributed by atoms with van der Waals surface area (Å²) in [7, 11) is 0. The van der Waals surface area contributed by atoms with Gasteiger partial charge in [-0.2, -0.15) is 0 Å². The van der Waals surface area contributed by atoms with E-state index in [0.29, 0.717) is 6.42 Å². The lowest BCUT2D eigenvalue weighted by molar-refractivity contribution is -0.142. The van der Waals surface area contributed by atoms with Gasteiger partial charge in [-0.15, -0.1) is 0 Å². The molecule has 0 rings (SSSR count). The molecule has 1 atom stereocenters. The summed E-state index contributed by atoms with van der Waals surface area (Å²) in [4.78, 5) is 21.0. The van der Waals surface area contributed by atoms with Crippen molar-refractivity contribution in [3.05, 3.63) is 0 Å². The molecule has 0 spiro atoms. The number of carboxylic acids is 2. The predicted molar refractivity (Wildman–Crippen MR) is 70.6 cm³/mol. The molecule has 0 heterocycles. The number of carbonyl (C=O) groups is 2. The fourth-order valence-corrected chi connectivity index (χ4v) is 2.05. The normalized spacial score (nSPS) is 12.3. The number of carboxylic acid groups (broad SMARTS) is 2. The van der Waals surface area contributed by atoms with Gasteiger partial charge >= 0.3 is 11.9 Å². The van der Waals surface area contributed by atoms with Crippen LogP contribution in [0.1, 0.15) is 71.1 Å². The average molecular weight is 258 g/mol. The third kappa shape index (κ3) is 10.1. The van der Waals surface area contributed by atoms with Crippen LogP contribution < -0.4 is 0 Å². The highest BCUT2D eigenvalue weighted by Gasteiger charge is 2.13. The van der Waals surface area contributed by atoms with Gasteiger partial charge in [-0.3, -0.25) is 9.59 Å². The van der Waals surface area contributed by atoms with E-state index in [9.17, 15) is 9.59 Å². The van der Waals surface area contributed by atoms with E-state index in [1.807, 2.05) is 6.92 Å². The maximum Gasteiger partial charge on any atom is 0.306 e. The highest BCUT2D eigenvalue weighted by Crippen LogP contribution is 2.15. The highest BCUT2D eigenvalue weighted by molar-refractivity contribution is 5.69. The number of aliphatic carboxylic acids is 2. The van der Waals surface area contributed by atoms with Crippen molar-refractivity contribution in [2.45, 2.75) is 71.1 Å². The molecule has 0 aliphatic carbocycles. The molecular formula is C14H26O4. The van der Waals surface area contributed by atoms with Crippen LogP contribution in [0.5, 0.6) is 0 Å². The third-order valence-electron chi connectivity index (χ3n) is 3.29. The first kappa shape index (κ1) is 16.9. The summed E-state index contributed by atoms with van der Waals surface area (Å²) < 4.78 is 0. The molecule has 106 valence electrons. The second-order valence-electron chi connectivity index (χ2n) is 4.85. The summed E-state index contributed by atoms with van der Waals surface area (Å²) in [5, 5.41) is 17.3. The second-order valence-corrected chi connectivity index (χ2v) is 4.85. The molecule has 0 bridgehead atoms. The summed E-state index contributed by atoms with van der Waals surface area (Å²) in [5.74, 6) is -1.57. The Morgan fingerprint density at radius 1 is 0.889 bits per heavy atom. The largest absolute Gasteiger partial charge is 0.481 e. The number of hydrogen-bond donors (Lipinski definition) is 2. The van der Waals surface area contributed by atoms with Gasteiger partial charge in [-0.05, 0) is 19.3 Å². The van der Waals surface area contributed by atoms with Crippen LogP contribution in [0.15, 0.2) is 0 Å². The molecule has 0 aliphatic heterocycles. The van der Waals surface area contributed by atoms with E-state index in [2.05, 4.69) is 0 Å². The Labute approximate surface area is 109 Å². The molecular weight excluding hydrogens is 232 g/mol. The maximum absolute atomic E-state index is 10.8. The van der Waals surface area contributed by atoms with Gasteiger partial charge < -0.3 is 10.2 Å². The van der Waals surface area contributed by atoms with Gasteiger partial charge in [0.25, 0.3) is 0 Å². The molecule has 0 aliphatic rings. The highest BCUT2D eigenvalue weighted by atomic mass is 16.4. The van der Waals surface area contributed by atoms with Gasteiger partial charge in [0.1, 0.15) is 0 Å². The van der Waals surface area contributed by atoms with Crippen LogP contribution in [0, 0.1) is 5.92 Å². The Kier molecular flexibility index (Phi) is 10.4. The lowest BCUT2D eigenvalue weighted by Crippen LogP contribution is -2.12. The molecule has 0 aromatic rings. The van der Waals surface area contributed by atoms with Gasteiger partial charge in [0.15, 0.2) is 0 Å². The quantitative estimate of drug-likeness (QED) is 0.523. The van der Waals surface area contributed by atoms with Crippen molar-refractivity contribution in [1.29, 1.82) is 0 Å². The molecule has 0 aromatic heterocycles. The minimum absolute atomic E-state index is 0.180. The van der Waals surface area contributed by atoms with Gasteiger partial charge in [-0.1, -0.05) is 45.4 Å². The Hall–Kier alpha value is -1.06. The van der Waals surface area contributed by atoms with Crippen molar-refractivity contribution < 1.29 is 19.8 Å². The zero-order chi connectivity index (χ0) is 13.8. The van der Waals surface area contributed by atoms with Gasteiger partial charge in [-0.25, -0.2) is 0 Å². The van der Waals surface area contributed by atoms with Crippen molar-refractivity contribution in [3.8, 4) is 0 Å². The monoisotopic (exact) mass is 258 g/mol. The first-order chi connectivity index (χ1) is 8.57. The summed E-state index contributed by atoms with van der Waals surface area (Å²) >= 11 is 0. The molecule has 0 aromatic carbocycles. The molecule has 18 heavy (non-hydrogen) atoms. The molecule has 0 saturated carbocycles. The second kappa shape index (κ2) is 11.1. The van der Waals surface area contributed by atoms with Gasteiger partial charge in [0.2, 0.25) is 0 Å². The van der Waals surface area contributed by atoms with Crippen molar-refractivity contribution in [2.24, 2.45) is 5.92 Å². The number of hydrogen-bond acceptors (Lipinski definition) is 2. The molecule has 4 heteroatoms. The lowest BCUT2D eigenvalue weighted by atomic mass is 9.98. The fraction of sp³-hybridized carbons (Fsp3) is 0.857. The van der Waals surface area contributed by atoms with Crippen molar-refractivity contribution in [3.63, 3.8) is 0 Å².